The van der Waals surface area contributed by atoms with E-state index in [1.165, 1.54) is 25.7 Å². The van der Waals surface area contributed by atoms with Gasteiger partial charge >= 0.3 is 0 Å². The Morgan fingerprint density at radius 3 is 2.37 bits per heavy atom. The summed E-state index contributed by atoms with van der Waals surface area (Å²) in [5, 5.41) is 3.40. The lowest BCUT2D eigenvalue weighted by molar-refractivity contribution is -0.135. The van der Waals surface area contributed by atoms with E-state index < -0.39 is 0 Å². The zero-order valence-corrected chi connectivity index (χ0v) is 13.2. The third kappa shape index (κ3) is 2.52. The summed E-state index contributed by atoms with van der Waals surface area (Å²) < 4.78 is 0. The van der Waals surface area contributed by atoms with Crippen LogP contribution in [0.25, 0.3) is 0 Å². The number of hydrogen-bond donors (Lipinski definition) is 1. The van der Waals surface area contributed by atoms with Crippen LogP contribution in [0, 0.1) is 16.7 Å². The molecule has 1 N–H and O–H groups in total. The lowest BCUT2D eigenvalue weighted by atomic mass is 9.91. The molecule has 3 fully saturated rings. The average Bonchev–Trinajstić information content (AvgIpc) is 3.27. The molecule has 3 rings (SSSR count). The van der Waals surface area contributed by atoms with Crippen molar-refractivity contribution in [1.29, 1.82) is 0 Å². The largest absolute Gasteiger partial charge is 0.342 e. The number of nitrogens with one attached hydrogen (secondary N) is 1. The molecule has 1 spiro atoms. The number of halogens is 1. The zero-order valence-electron chi connectivity index (χ0n) is 12.4. The van der Waals surface area contributed by atoms with Gasteiger partial charge in [-0.15, -0.1) is 12.4 Å². The van der Waals surface area contributed by atoms with Gasteiger partial charge in [-0.3, -0.25) is 4.79 Å². The van der Waals surface area contributed by atoms with Gasteiger partial charge in [-0.1, -0.05) is 6.92 Å². The summed E-state index contributed by atoms with van der Waals surface area (Å²) in [4.78, 5) is 14.7. The topological polar surface area (TPSA) is 32.3 Å². The Bertz CT molecular complexity index is 361. The first-order valence-electron chi connectivity index (χ1n) is 7.46. The minimum atomic E-state index is 0. The first-order valence-corrected chi connectivity index (χ1v) is 7.46. The highest BCUT2D eigenvalue weighted by molar-refractivity contribution is 5.85. The van der Waals surface area contributed by atoms with E-state index in [4.69, 9.17) is 0 Å². The van der Waals surface area contributed by atoms with E-state index in [0.29, 0.717) is 28.7 Å². The van der Waals surface area contributed by atoms with Crippen LogP contribution >= 0.6 is 12.4 Å². The van der Waals surface area contributed by atoms with E-state index in [9.17, 15) is 4.79 Å². The Hall–Kier alpha value is -0.280. The normalized spacial score (nSPS) is 31.2. The van der Waals surface area contributed by atoms with Gasteiger partial charge in [0.05, 0.1) is 0 Å². The minimum absolute atomic E-state index is 0. The Morgan fingerprint density at radius 2 is 1.84 bits per heavy atom. The third-order valence-corrected chi connectivity index (χ3v) is 6.06. The number of carbonyl (C=O) groups excluding carboxylic acids is 1. The molecule has 1 saturated heterocycles. The summed E-state index contributed by atoms with van der Waals surface area (Å²) in [6, 6.07) is 0.407. The van der Waals surface area contributed by atoms with E-state index in [2.05, 4.69) is 24.1 Å². The highest BCUT2D eigenvalue weighted by Crippen LogP contribution is 2.60. The van der Waals surface area contributed by atoms with Gasteiger partial charge in [0.15, 0.2) is 0 Å². The molecule has 3 aliphatic rings. The van der Waals surface area contributed by atoms with Crippen molar-refractivity contribution in [2.75, 3.05) is 20.1 Å². The Labute approximate surface area is 122 Å². The Morgan fingerprint density at radius 1 is 1.26 bits per heavy atom. The second-order valence-corrected chi connectivity index (χ2v) is 7.15. The smallest absolute Gasteiger partial charge is 0.226 e. The molecule has 1 amide bonds. The monoisotopic (exact) mass is 286 g/mol. The molecule has 2 saturated carbocycles. The number of nitrogens with zero attached hydrogens (tertiary/aromatic N) is 1. The van der Waals surface area contributed by atoms with Crippen molar-refractivity contribution in [3.63, 3.8) is 0 Å². The molecule has 0 aromatic rings. The van der Waals surface area contributed by atoms with Gasteiger partial charge in [0.25, 0.3) is 0 Å². The summed E-state index contributed by atoms with van der Waals surface area (Å²) in [5.41, 5.74) is 0.779. The molecule has 0 radical (unpaired) electrons. The predicted octanol–water partition coefficient (Wildman–Crippen LogP) is 2.44. The summed E-state index contributed by atoms with van der Waals surface area (Å²) in [5.74, 6) is 0.743. The SMILES string of the molecule is CC(N(C)C(=O)C1CC12CCNCC2)C1(C)CC1.Cl. The fraction of sp³-hybridized carbons (Fsp3) is 0.933. The number of rotatable bonds is 3. The van der Waals surface area contributed by atoms with Gasteiger partial charge in [-0.05, 0) is 62.9 Å². The highest BCUT2D eigenvalue weighted by atomic mass is 35.5. The summed E-state index contributed by atoms with van der Waals surface area (Å²) in [6.45, 7) is 6.73. The standard InChI is InChI=1S/C15H26N2O.ClH/c1-11(14(2)4-5-14)17(3)13(18)12-10-15(12)6-8-16-9-7-15;/h11-12,16H,4-10H2,1-3H3;1H. The van der Waals surface area contributed by atoms with Crippen molar-refractivity contribution < 1.29 is 4.79 Å². The number of carbonyl (C=O) groups is 1. The Kier molecular flexibility index (Phi) is 3.92. The lowest BCUT2D eigenvalue weighted by Crippen LogP contribution is -2.42. The molecule has 3 nitrogen and oxygen atoms in total. The summed E-state index contributed by atoms with van der Waals surface area (Å²) >= 11 is 0. The van der Waals surface area contributed by atoms with E-state index >= 15 is 0 Å². The van der Waals surface area contributed by atoms with Crippen molar-refractivity contribution in [2.45, 2.75) is 52.0 Å². The van der Waals surface area contributed by atoms with Crippen molar-refractivity contribution in [1.82, 2.24) is 10.2 Å². The van der Waals surface area contributed by atoms with Crippen LogP contribution in [0.2, 0.25) is 0 Å². The highest BCUT2D eigenvalue weighted by Gasteiger charge is 2.59. The van der Waals surface area contributed by atoms with Crippen LogP contribution in [-0.4, -0.2) is 37.0 Å². The van der Waals surface area contributed by atoms with Crippen molar-refractivity contribution >= 4 is 18.3 Å². The first-order chi connectivity index (χ1) is 8.49. The molecule has 0 aromatic heterocycles. The molecule has 1 heterocycles. The van der Waals surface area contributed by atoms with Crippen molar-refractivity contribution in [3.05, 3.63) is 0 Å². The fourth-order valence-corrected chi connectivity index (χ4v) is 3.69. The third-order valence-electron chi connectivity index (χ3n) is 6.06. The molecular weight excluding hydrogens is 260 g/mol. The Balaban J connectivity index is 0.00000133. The molecule has 2 aliphatic carbocycles. The van der Waals surface area contributed by atoms with Crippen LogP contribution in [0.1, 0.15) is 46.0 Å². The maximum Gasteiger partial charge on any atom is 0.226 e. The maximum absolute atomic E-state index is 12.6. The van der Waals surface area contributed by atoms with E-state index in [-0.39, 0.29) is 12.4 Å². The van der Waals surface area contributed by atoms with Crippen LogP contribution in [0.4, 0.5) is 0 Å². The van der Waals surface area contributed by atoms with E-state index in [1.54, 1.807) is 0 Å². The van der Waals surface area contributed by atoms with Crippen LogP contribution in [0.15, 0.2) is 0 Å². The molecule has 19 heavy (non-hydrogen) atoms. The first kappa shape index (κ1) is 15.1. The summed E-state index contributed by atoms with van der Waals surface area (Å²) in [7, 11) is 2.02. The van der Waals surface area contributed by atoms with Gasteiger partial charge in [0, 0.05) is 19.0 Å². The van der Waals surface area contributed by atoms with Crippen LogP contribution in [-0.2, 0) is 4.79 Å². The second kappa shape index (κ2) is 4.92. The molecule has 0 bridgehead atoms. The van der Waals surface area contributed by atoms with Gasteiger partial charge in [0.1, 0.15) is 0 Å². The lowest BCUT2D eigenvalue weighted by Gasteiger charge is -2.32. The van der Waals surface area contributed by atoms with E-state index in [1.807, 2.05) is 7.05 Å². The van der Waals surface area contributed by atoms with Gasteiger partial charge < -0.3 is 10.2 Å². The molecule has 0 aromatic carbocycles. The number of hydrogen-bond acceptors (Lipinski definition) is 2. The quantitative estimate of drug-likeness (QED) is 0.864. The minimum Gasteiger partial charge on any atom is -0.342 e. The van der Waals surface area contributed by atoms with Gasteiger partial charge in [-0.25, -0.2) is 0 Å². The molecule has 4 heteroatoms. The van der Waals surface area contributed by atoms with Gasteiger partial charge in [0.2, 0.25) is 5.91 Å². The molecular formula is C15H27ClN2O. The maximum atomic E-state index is 12.6. The molecule has 2 unspecified atom stereocenters. The van der Waals surface area contributed by atoms with Crippen LogP contribution in [0.5, 0.6) is 0 Å². The fourth-order valence-electron chi connectivity index (χ4n) is 3.69. The van der Waals surface area contributed by atoms with Crippen LogP contribution < -0.4 is 5.32 Å². The molecule has 1 aliphatic heterocycles. The van der Waals surface area contributed by atoms with Crippen molar-refractivity contribution in [3.8, 4) is 0 Å². The average molecular weight is 287 g/mol. The summed E-state index contributed by atoms with van der Waals surface area (Å²) in [6.07, 6.45) is 6.10. The second-order valence-electron chi connectivity index (χ2n) is 7.15. The molecule has 110 valence electrons. The van der Waals surface area contributed by atoms with Gasteiger partial charge in [-0.2, -0.15) is 0 Å². The zero-order chi connectivity index (χ0) is 13.0. The van der Waals surface area contributed by atoms with Crippen molar-refractivity contribution in [2.24, 2.45) is 16.7 Å². The number of amides is 1. The molecule has 2 atom stereocenters. The number of piperidine rings is 1. The van der Waals surface area contributed by atoms with Crippen LogP contribution in [0.3, 0.4) is 0 Å². The van der Waals surface area contributed by atoms with E-state index in [0.717, 1.165) is 19.5 Å². The predicted molar refractivity (Wildman–Crippen MR) is 79.5 cm³/mol.